The number of esters is 1. The quantitative estimate of drug-likeness (QED) is 0.428. The molecule has 1 aliphatic heterocycles. The van der Waals surface area contributed by atoms with Crippen LogP contribution in [0.4, 0.5) is 0 Å². The zero-order valence-electron chi connectivity index (χ0n) is 13.6. The lowest BCUT2D eigenvalue weighted by Gasteiger charge is -2.25. The van der Waals surface area contributed by atoms with Crippen molar-refractivity contribution in [2.24, 2.45) is 5.92 Å². The van der Waals surface area contributed by atoms with Crippen LogP contribution in [0.3, 0.4) is 0 Å². The molecule has 2 atom stereocenters. The molecule has 0 amide bonds. The molecule has 2 heteroatoms. The van der Waals surface area contributed by atoms with Crippen LogP contribution in [0.1, 0.15) is 72.6 Å². The third kappa shape index (κ3) is 4.50. The van der Waals surface area contributed by atoms with Crippen LogP contribution < -0.4 is 0 Å². The van der Waals surface area contributed by atoms with Crippen molar-refractivity contribution < 1.29 is 9.53 Å². The molecule has 0 bridgehead atoms. The van der Waals surface area contributed by atoms with Gasteiger partial charge in [0.1, 0.15) is 5.60 Å². The Balaban J connectivity index is 2.52. The second-order valence-electron chi connectivity index (χ2n) is 5.73. The predicted octanol–water partition coefficient (Wildman–Crippen LogP) is 5.19. The molecule has 1 aliphatic rings. The smallest absolute Gasteiger partial charge is 0.334 e. The van der Waals surface area contributed by atoms with Crippen molar-refractivity contribution in [3.63, 3.8) is 0 Å². The van der Waals surface area contributed by atoms with Gasteiger partial charge in [-0.15, -0.1) is 0 Å². The van der Waals surface area contributed by atoms with Crippen LogP contribution in [0, 0.1) is 5.92 Å². The van der Waals surface area contributed by atoms with Crippen LogP contribution >= 0.6 is 0 Å². The van der Waals surface area contributed by atoms with E-state index < -0.39 is 0 Å². The van der Waals surface area contributed by atoms with Crippen molar-refractivity contribution >= 4 is 5.97 Å². The van der Waals surface area contributed by atoms with E-state index in [0.29, 0.717) is 5.92 Å². The first-order valence-electron chi connectivity index (χ1n) is 8.22. The average molecular weight is 278 g/mol. The van der Waals surface area contributed by atoms with Gasteiger partial charge in [-0.2, -0.15) is 0 Å². The summed E-state index contributed by atoms with van der Waals surface area (Å²) in [5, 5.41) is 0. The van der Waals surface area contributed by atoms with Crippen molar-refractivity contribution in [1.82, 2.24) is 0 Å². The minimum absolute atomic E-state index is 0.104. The summed E-state index contributed by atoms with van der Waals surface area (Å²) in [6.07, 6.45) is 13.9. The highest BCUT2D eigenvalue weighted by Crippen LogP contribution is 2.34. The predicted molar refractivity (Wildman–Crippen MR) is 84.6 cm³/mol. The molecule has 0 aromatic heterocycles. The second-order valence-corrected chi connectivity index (χ2v) is 5.73. The second kappa shape index (κ2) is 8.28. The van der Waals surface area contributed by atoms with E-state index in [2.05, 4.69) is 39.0 Å². The van der Waals surface area contributed by atoms with E-state index in [0.717, 1.165) is 37.7 Å². The monoisotopic (exact) mass is 278 g/mol. The highest BCUT2D eigenvalue weighted by atomic mass is 16.6. The van der Waals surface area contributed by atoms with Crippen LogP contribution in [0.2, 0.25) is 0 Å². The van der Waals surface area contributed by atoms with Crippen molar-refractivity contribution in [3.05, 3.63) is 23.8 Å². The van der Waals surface area contributed by atoms with Crippen molar-refractivity contribution in [2.75, 3.05) is 0 Å². The molecule has 0 saturated heterocycles. The van der Waals surface area contributed by atoms with E-state index in [1.54, 1.807) is 0 Å². The lowest BCUT2D eigenvalue weighted by atomic mass is 9.89. The molecule has 114 valence electrons. The molecular weight excluding hydrogens is 248 g/mol. The van der Waals surface area contributed by atoms with Gasteiger partial charge in [0.05, 0.1) is 0 Å². The van der Waals surface area contributed by atoms with Gasteiger partial charge in [0.2, 0.25) is 0 Å². The summed E-state index contributed by atoms with van der Waals surface area (Å²) in [7, 11) is 0. The van der Waals surface area contributed by atoms with Gasteiger partial charge in [0.25, 0.3) is 0 Å². The Morgan fingerprint density at radius 1 is 1.30 bits per heavy atom. The molecule has 0 aromatic carbocycles. The van der Waals surface area contributed by atoms with Crippen LogP contribution in [0.25, 0.3) is 0 Å². The Hall–Kier alpha value is -1.05. The van der Waals surface area contributed by atoms with Gasteiger partial charge in [-0.1, -0.05) is 39.8 Å². The van der Waals surface area contributed by atoms with Gasteiger partial charge in [-0.05, 0) is 56.9 Å². The summed E-state index contributed by atoms with van der Waals surface area (Å²) in [5.74, 6) is 0.558. The number of ether oxygens (including phenoxy) is 1. The Morgan fingerprint density at radius 3 is 2.55 bits per heavy atom. The zero-order valence-corrected chi connectivity index (χ0v) is 13.6. The maximum atomic E-state index is 11.8. The lowest BCUT2D eigenvalue weighted by Crippen LogP contribution is -2.27. The molecular formula is C18H30O2. The summed E-state index contributed by atoms with van der Waals surface area (Å²) in [5.41, 5.74) is 0.527. The number of hydrogen-bond acceptors (Lipinski definition) is 2. The van der Waals surface area contributed by atoms with E-state index in [9.17, 15) is 4.79 Å². The van der Waals surface area contributed by atoms with E-state index in [-0.39, 0.29) is 11.6 Å². The van der Waals surface area contributed by atoms with Crippen molar-refractivity contribution in [2.45, 2.75) is 78.2 Å². The fourth-order valence-corrected chi connectivity index (χ4v) is 2.81. The number of cyclic esters (lactones) is 1. The van der Waals surface area contributed by atoms with Crippen LogP contribution in [-0.4, -0.2) is 11.6 Å². The maximum Gasteiger partial charge on any atom is 0.334 e. The first-order chi connectivity index (χ1) is 9.60. The molecule has 2 unspecified atom stereocenters. The van der Waals surface area contributed by atoms with Gasteiger partial charge < -0.3 is 4.74 Å². The van der Waals surface area contributed by atoms with E-state index in [4.69, 9.17) is 4.74 Å². The summed E-state index contributed by atoms with van der Waals surface area (Å²) in [4.78, 5) is 11.8. The molecule has 0 spiro atoms. The molecule has 0 fully saturated rings. The summed E-state index contributed by atoms with van der Waals surface area (Å²) < 4.78 is 5.65. The lowest BCUT2D eigenvalue weighted by molar-refractivity contribution is -0.147. The van der Waals surface area contributed by atoms with Gasteiger partial charge >= 0.3 is 5.97 Å². The highest BCUT2D eigenvalue weighted by molar-refractivity contribution is 5.91. The molecule has 0 saturated carbocycles. The van der Waals surface area contributed by atoms with Crippen LogP contribution in [0.15, 0.2) is 23.8 Å². The maximum absolute atomic E-state index is 11.8. The standard InChI is InChI=1S/C18H30O2/c1-5-9-11-15(6-2)12-10-13-18(8-4)14-16(7-3)17(19)20-18/h9,11,14-15H,5-8,10,12-13H2,1-4H3/b11-9+. The first kappa shape index (κ1) is 17.0. The Kier molecular flexibility index (Phi) is 7.04. The summed E-state index contributed by atoms with van der Waals surface area (Å²) in [6, 6.07) is 0. The Morgan fingerprint density at radius 2 is 2.05 bits per heavy atom. The van der Waals surface area contributed by atoms with Crippen molar-refractivity contribution in [3.8, 4) is 0 Å². The zero-order chi connectivity index (χ0) is 15.0. The van der Waals surface area contributed by atoms with Crippen LogP contribution in [-0.2, 0) is 9.53 Å². The number of allylic oxidation sites excluding steroid dienone is 2. The Bertz CT molecular complexity index is 368. The minimum atomic E-state index is -0.324. The molecule has 20 heavy (non-hydrogen) atoms. The molecule has 0 aliphatic carbocycles. The number of rotatable bonds is 9. The third-order valence-corrected chi connectivity index (χ3v) is 4.32. The van der Waals surface area contributed by atoms with E-state index >= 15 is 0 Å². The number of carbonyl (C=O) groups excluding carboxylic acids is 1. The fourth-order valence-electron chi connectivity index (χ4n) is 2.81. The molecule has 1 rings (SSSR count). The first-order valence-corrected chi connectivity index (χ1v) is 8.22. The Labute approximate surface area is 124 Å². The molecule has 0 N–H and O–H groups in total. The molecule has 2 nitrogen and oxygen atoms in total. The third-order valence-electron chi connectivity index (χ3n) is 4.32. The summed E-state index contributed by atoms with van der Waals surface area (Å²) in [6.45, 7) is 8.54. The van der Waals surface area contributed by atoms with Crippen molar-refractivity contribution in [1.29, 1.82) is 0 Å². The SMILES string of the molecule is CC/C=C/C(CC)CCCC1(CC)C=C(CC)C(=O)O1. The van der Waals surface area contributed by atoms with Gasteiger partial charge in [0.15, 0.2) is 0 Å². The largest absolute Gasteiger partial charge is 0.451 e. The molecule has 1 heterocycles. The van der Waals surface area contributed by atoms with E-state index in [1.807, 2.05) is 6.92 Å². The fraction of sp³-hybridized carbons (Fsp3) is 0.722. The average Bonchev–Trinajstić information content (AvgIpc) is 2.79. The molecule has 0 radical (unpaired) electrons. The van der Waals surface area contributed by atoms with E-state index in [1.165, 1.54) is 12.8 Å². The topological polar surface area (TPSA) is 26.3 Å². The highest BCUT2D eigenvalue weighted by Gasteiger charge is 2.37. The molecule has 0 aromatic rings. The summed E-state index contributed by atoms with van der Waals surface area (Å²) >= 11 is 0. The van der Waals surface area contributed by atoms with Gasteiger partial charge in [-0.3, -0.25) is 0 Å². The normalized spacial score (nSPS) is 24.0. The van der Waals surface area contributed by atoms with Gasteiger partial charge in [0, 0.05) is 5.57 Å². The van der Waals surface area contributed by atoms with Gasteiger partial charge in [-0.25, -0.2) is 4.79 Å². The minimum Gasteiger partial charge on any atom is -0.451 e. The van der Waals surface area contributed by atoms with Crippen LogP contribution in [0.5, 0.6) is 0 Å². The number of hydrogen-bond donors (Lipinski definition) is 0. The number of carbonyl (C=O) groups is 1.